The van der Waals surface area contributed by atoms with E-state index in [-0.39, 0.29) is 22.5 Å². The Morgan fingerprint density at radius 2 is 1.64 bits per heavy atom. The van der Waals surface area contributed by atoms with E-state index >= 15 is 0 Å². The van der Waals surface area contributed by atoms with Gasteiger partial charge in [0.25, 0.3) is 15.9 Å². The van der Waals surface area contributed by atoms with Gasteiger partial charge in [0.1, 0.15) is 11.6 Å². The number of benzene rings is 3. The minimum absolute atomic E-state index is 0.0106. The van der Waals surface area contributed by atoms with E-state index in [1.165, 1.54) is 36.4 Å². The molecule has 1 atom stereocenters. The number of halogens is 1. The summed E-state index contributed by atoms with van der Waals surface area (Å²) < 4.78 is 46.0. The Balaban J connectivity index is 1.68. The number of hydrogen-bond donors (Lipinski definition) is 2. The molecule has 3 rings (SSSR count). The Hall–Kier alpha value is -3.43. The highest BCUT2D eigenvalue weighted by Crippen LogP contribution is 2.27. The van der Waals surface area contributed by atoms with Crippen LogP contribution in [-0.2, 0) is 10.0 Å². The second-order valence-electron chi connectivity index (χ2n) is 7.57. The molecule has 0 saturated heterocycles. The van der Waals surface area contributed by atoms with Crippen molar-refractivity contribution in [2.24, 2.45) is 0 Å². The molecule has 0 aromatic heterocycles. The molecule has 33 heavy (non-hydrogen) atoms. The number of carbonyl (C=O) groups excluding carboxylic acids is 1. The van der Waals surface area contributed by atoms with Crippen molar-refractivity contribution in [1.82, 2.24) is 10.2 Å². The predicted molar refractivity (Wildman–Crippen MR) is 125 cm³/mol. The number of hydrogen-bond acceptors (Lipinski definition) is 5. The normalized spacial score (nSPS) is 12.3. The number of amides is 1. The topological polar surface area (TPSA) is 87.7 Å². The molecule has 0 heterocycles. The van der Waals surface area contributed by atoms with Gasteiger partial charge in [-0.25, -0.2) is 12.8 Å². The lowest BCUT2D eigenvalue weighted by Gasteiger charge is -2.26. The molecule has 0 aliphatic heterocycles. The maximum absolute atomic E-state index is 13.0. The highest BCUT2D eigenvalue weighted by atomic mass is 32.2. The fourth-order valence-electron chi connectivity index (χ4n) is 3.32. The summed E-state index contributed by atoms with van der Waals surface area (Å²) in [6, 6.07) is 18.1. The van der Waals surface area contributed by atoms with Gasteiger partial charge in [0.2, 0.25) is 0 Å². The number of likely N-dealkylation sites (N-methyl/N-ethyl adjacent to an activating group) is 1. The summed E-state index contributed by atoms with van der Waals surface area (Å²) in [5, 5.41) is 2.90. The first-order chi connectivity index (χ1) is 15.7. The van der Waals surface area contributed by atoms with Crippen molar-refractivity contribution in [3.63, 3.8) is 0 Å². The smallest absolute Gasteiger partial charge is 0.261 e. The van der Waals surface area contributed by atoms with Gasteiger partial charge in [0, 0.05) is 23.4 Å². The number of anilines is 1. The first kappa shape index (κ1) is 24.2. The Kier molecular flexibility index (Phi) is 7.67. The summed E-state index contributed by atoms with van der Waals surface area (Å²) in [6.07, 6.45) is 0. The number of nitrogens with one attached hydrogen (secondary N) is 2. The van der Waals surface area contributed by atoms with Crippen LogP contribution >= 0.6 is 0 Å². The zero-order valence-electron chi connectivity index (χ0n) is 18.6. The van der Waals surface area contributed by atoms with Gasteiger partial charge in [-0.3, -0.25) is 9.52 Å². The maximum atomic E-state index is 13.0. The second kappa shape index (κ2) is 10.5. The molecule has 2 N–H and O–H groups in total. The van der Waals surface area contributed by atoms with Gasteiger partial charge in [0.05, 0.1) is 18.0 Å². The highest BCUT2D eigenvalue weighted by Gasteiger charge is 2.20. The number of ether oxygens (including phenoxy) is 1. The lowest BCUT2D eigenvalue weighted by atomic mass is 10.0. The summed E-state index contributed by atoms with van der Waals surface area (Å²) in [6.45, 7) is 0.332. The predicted octanol–water partition coefficient (Wildman–Crippen LogP) is 3.67. The molecule has 0 aliphatic rings. The summed E-state index contributed by atoms with van der Waals surface area (Å²) in [5.41, 5.74) is 1.51. The molecule has 0 radical (unpaired) electrons. The van der Waals surface area contributed by atoms with E-state index in [2.05, 4.69) is 10.0 Å². The Morgan fingerprint density at radius 3 is 2.24 bits per heavy atom. The van der Waals surface area contributed by atoms with E-state index in [1.807, 2.05) is 43.3 Å². The molecule has 0 fully saturated rings. The molecule has 174 valence electrons. The Labute approximate surface area is 193 Å². The summed E-state index contributed by atoms with van der Waals surface area (Å²) in [7, 11) is 1.56. The number of sulfonamides is 1. The third-order valence-electron chi connectivity index (χ3n) is 5.10. The molecule has 1 unspecified atom stereocenters. The van der Waals surface area contributed by atoms with Crippen LogP contribution in [0, 0.1) is 5.82 Å². The molecular formula is C24H26FN3O4S. The van der Waals surface area contributed by atoms with Crippen LogP contribution in [0.5, 0.6) is 5.75 Å². The Bertz CT molecular complexity index is 1200. The van der Waals surface area contributed by atoms with Crippen LogP contribution in [0.3, 0.4) is 0 Å². The van der Waals surface area contributed by atoms with Crippen molar-refractivity contribution in [1.29, 1.82) is 0 Å². The van der Waals surface area contributed by atoms with Crippen LogP contribution in [0.1, 0.15) is 22.0 Å². The Morgan fingerprint density at radius 1 is 1.00 bits per heavy atom. The van der Waals surface area contributed by atoms with Crippen molar-refractivity contribution >= 4 is 21.6 Å². The maximum Gasteiger partial charge on any atom is 0.261 e. The summed E-state index contributed by atoms with van der Waals surface area (Å²) in [5.74, 6) is -0.0589. The minimum Gasteiger partial charge on any atom is -0.496 e. The molecule has 3 aromatic carbocycles. The molecule has 0 bridgehead atoms. The number of nitrogens with zero attached hydrogens (tertiary/aromatic N) is 1. The van der Waals surface area contributed by atoms with E-state index < -0.39 is 15.8 Å². The van der Waals surface area contributed by atoms with E-state index in [4.69, 9.17) is 4.74 Å². The van der Waals surface area contributed by atoms with E-state index in [1.54, 1.807) is 7.11 Å². The van der Waals surface area contributed by atoms with Crippen LogP contribution in [0.15, 0.2) is 77.7 Å². The van der Waals surface area contributed by atoms with Gasteiger partial charge in [-0.15, -0.1) is 0 Å². The van der Waals surface area contributed by atoms with Gasteiger partial charge in [0.15, 0.2) is 0 Å². The molecule has 9 heteroatoms. The van der Waals surface area contributed by atoms with Crippen LogP contribution in [0.25, 0.3) is 0 Å². The van der Waals surface area contributed by atoms with Gasteiger partial charge >= 0.3 is 0 Å². The standard InChI is InChI=1S/C24H26FN3O4S/c1-28(2)22(21-6-4-5-7-23(21)32-3)16-26-24(29)17-8-14-20(15-9-17)33(30,31)27-19-12-10-18(25)11-13-19/h4-15,22,27H,16H2,1-3H3,(H,26,29). The summed E-state index contributed by atoms with van der Waals surface area (Å²) >= 11 is 0. The lowest BCUT2D eigenvalue weighted by molar-refractivity contribution is 0.0941. The largest absolute Gasteiger partial charge is 0.496 e. The fraction of sp³-hybridized carbons (Fsp3) is 0.208. The van der Waals surface area contributed by atoms with Crippen molar-refractivity contribution in [2.45, 2.75) is 10.9 Å². The van der Waals surface area contributed by atoms with Crippen LogP contribution in [0.2, 0.25) is 0 Å². The third kappa shape index (κ3) is 6.09. The minimum atomic E-state index is -3.87. The van der Waals surface area contributed by atoms with Crippen LogP contribution in [0.4, 0.5) is 10.1 Å². The van der Waals surface area contributed by atoms with E-state index in [0.717, 1.165) is 23.4 Å². The third-order valence-corrected chi connectivity index (χ3v) is 6.50. The molecule has 0 aliphatic carbocycles. The fourth-order valence-corrected chi connectivity index (χ4v) is 4.38. The van der Waals surface area contributed by atoms with Crippen molar-refractivity contribution in [3.05, 3.63) is 89.7 Å². The van der Waals surface area contributed by atoms with E-state index in [9.17, 15) is 17.6 Å². The number of methoxy groups -OCH3 is 1. The first-order valence-electron chi connectivity index (χ1n) is 10.2. The molecule has 3 aromatic rings. The molecular weight excluding hydrogens is 445 g/mol. The van der Waals surface area contributed by atoms with Gasteiger partial charge in [-0.2, -0.15) is 0 Å². The monoisotopic (exact) mass is 471 g/mol. The summed E-state index contributed by atoms with van der Waals surface area (Å²) in [4.78, 5) is 14.7. The number of carbonyl (C=O) groups is 1. The number of rotatable bonds is 9. The second-order valence-corrected chi connectivity index (χ2v) is 9.25. The zero-order valence-corrected chi connectivity index (χ0v) is 19.4. The molecule has 7 nitrogen and oxygen atoms in total. The van der Waals surface area contributed by atoms with Gasteiger partial charge in [-0.1, -0.05) is 18.2 Å². The van der Waals surface area contributed by atoms with E-state index in [0.29, 0.717) is 12.1 Å². The molecule has 1 amide bonds. The van der Waals surface area contributed by atoms with Gasteiger partial charge in [-0.05, 0) is 68.7 Å². The molecule has 0 saturated carbocycles. The highest BCUT2D eigenvalue weighted by molar-refractivity contribution is 7.92. The van der Waals surface area contributed by atoms with Crippen molar-refractivity contribution < 1.29 is 22.3 Å². The van der Waals surface area contributed by atoms with Crippen LogP contribution in [-0.4, -0.2) is 47.0 Å². The molecule has 0 spiro atoms. The zero-order chi connectivity index (χ0) is 24.0. The average molecular weight is 472 g/mol. The van der Waals surface area contributed by atoms with Gasteiger partial charge < -0.3 is 15.0 Å². The van der Waals surface area contributed by atoms with Crippen molar-refractivity contribution in [3.8, 4) is 5.75 Å². The van der Waals surface area contributed by atoms with Crippen molar-refractivity contribution in [2.75, 3.05) is 32.5 Å². The quantitative estimate of drug-likeness (QED) is 0.497. The lowest BCUT2D eigenvalue weighted by Crippen LogP contribution is -2.34. The SMILES string of the molecule is COc1ccccc1C(CNC(=O)c1ccc(S(=O)(=O)Nc2ccc(F)cc2)cc1)N(C)C. The first-order valence-corrected chi connectivity index (χ1v) is 11.7. The number of para-hydroxylation sites is 1. The van der Waals surface area contributed by atoms with Crippen LogP contribution < -0.4 is 14.8 Å². The average Bonchev–Trinajstić information content (AvgIpc) is 2.80.